The third-order valence-electron chi connectivity index (χ3n) is 2.68. The van der Waals surface area contributed by atoms with Crippen molar-refractivity contribution in [1.29, 1.82) is 0 Å². The molecule has 0 bridgehead atoms. The minimum absolute atomic E-state index is 0.367. The van der Waals surface area contributed by atoms with Crippen LogP contribution in [0.3, 0.4) is 0 Å². The number of hydrogen-bond donors (Lipinski definition) is 0. The third-order valence-corrected chi connectivity index (χ3v) is 2.68. The van der Waals surface area contributed by atoms with Gasteiger partial charge in [-0.05, 0) is 19.3 Å². The molecule has 0 atom stereocenters. The van der Waals surface area contributed by atoms with Crippen LogP contribution in [0, 0.1) is 5.92 Å². The van der Waals surface area contributed by atoms with Crippen molar-refractivity contribution in [2.24, 2.45) is 5.92 Å². The first kappa shape index (κ1) is 13.5. The zero-order chi connectivity index (χ0) is 11.0. The number of carbonyl (C=O) groups is 1. The lowest BCUT2D eigenvalue weighted by Crippen LogP contribution is -2.36. The summed E-state index contributed by atoms with van der Waals surface area (Å²) in [4.78, 5) is 13.5. The molecule has 0 aliphatic heterocycles. The van der Waals surface area contributed by atoms with Crippen LogP contribution in [-0.4, -0.2) is 24.4 Å². The van der Waals surface area contributed by atoms with Gasteiger partial charge >= 0.3 is 0 Å². The largest absolute Gasteiger partial charge is 0.346 e. The molecular weight excluding hydrogens is 174 g/mol. The Morgan fingerprint density at radius 2 is 1.93 bits per heavy atom. The van der Waals surface area contributed by atoms with Crippen LogP contribution in [0.4, 0.5) is 0 Å². The Balaban J connectivity index is 0.000000791. The molecule has 2 nitrogen and oxygen atoms in total. The van der Waals surface area contributed by atoms with Crippen molar-refractivity contribution in [2.45, 2.75) is 52.9 Å². The summed E-state index contributed by atoms with van der Waals surface area (Å²) in [6, 6.07) is 0. The van der Waals surface area contributed by atoms with E-state index in [2.05, 4.69) is 6.92 Å². The van der Waals surface area contributed by atoms with Gasteiger partial charge in [-0.25, -0.2) is 0 Å². The molecule has 0 saturated heterocycles. The molecule has 0 heterocycles. The summed E-state index contributed by atoms with van der Waals surface area (Å²) in [6.45, 7) is 7.09. The Morgan fingerprint density at radius 1 is 1.36 bits per heavy atom. The Bertz CT molecular complexity index is 152. The first-order chi connectivity index (χ1) is 6.75. The molecule has 0 aromatic heterocycles. The predicted molar refractivity (Wildman–Crippen MR) is 61.2 cm³/mol. The number of nitrogens with zero attached hydrogens (tertiary/aromatic N) is 1. The average molecular weight is 199 g/mol. The number of carbonyl (C=O) groups excluding carboxylic acids is 1. The van der Waals surface area contributed by atoms with Gasteiger partial charge in [0.15, 0.2) is 0 Å². The molecule has 14 heavy (non-hydrogen) atoms. The van der Waals surface area contributed by atoms with Crippen LogP contribution >= 0.6 is 0 Å². The second-order valence-electron chi connectivity index (χ2n) is 3.74. The van der Waals surface area contributed by atoms with Crippen molar-refractivity contribution in [2.75, 3.05) is 13.6 Å². The van der Waals surface area contributed by atoms with Gasteiger partial charge in [0.25, 0.3) is 0 Å². The maximum atomic E-state index is 11.6. The standard InChI is InChI=1S/C10H19NO.C2H6/c1-3-4-8-11(2)10(12)9-6-5-7-9;1-2/h9H,3-8H2,1-2H3;1-2H3. The summed E-state index contributed by atoms with van der Waals surface area (Å²) in [5.74, 6) is 0.738. The molecule has 1 saturated carbocycles. The van der Waals surface area contributed by atoms with Crippen molar-refractivity contribution >= 4 is 5.91 Å². The SMILES string of the molecule is CC.CCCCN(C)C(=O)C1CCC1. The molecule has 0 aromatic rings. The molecule has 84 valence electrons. The van der Waals surface area contributed by atoms with Gasteiger partial charge in [0.1, 0.15) is 0 Å². The molecule has 1 rings (SSSR count). The second-order valence-corrected chi connectivity index (χ2v) is 3.74. The second kappa shape index (κ2) is 7.84. The lowest BCUT2D eigenvalue weighted by molar-refractivity contribution is -0.136. The van der Waals surface area contributed by atoms with Gasteiger partial charge in [0.05, 0.1) is 0 Å². The minimum atomic E-state index is 0.367. The number of unbranched alkanes of at least 4 members (excludes halogenated alkanes) is 1. The molecule has 0 spiro atoms. The van der Waals surface area contributed by atoms with Crippen LogP contribution in [0.5, 0.6) is 0 Å². The van der Waals surface area contributed by atoms with Gasteiger partial charge < -0.3 is 4.90 Å². The smallest absolute Gasteiger partial charge is 0.225 e. The molecule has 0 aromatic carbocycles. The third kappa shape index (κ3) is 4.12. The van der Waals surface area contributed by atoms with Gasteiger partial charge in [0, 0.05) is 19.5 Å². The molecule has 0 N–H and O–H groups in total. The van der Waals surface area contributed by atoms with Crippen LogP contribution in [0.1, 0.15) is 52.9 Å². The van der Waals surface area contributed by atoms with E-state index >= 15 is 0 Å². The average Bonchev–Trinajstić information content (AvgIpc) is 2.14. The Morgan fingerprint density at radius 3 is 2.29 bits per heavy atom. The number of amides is 1. The van der Waals surface area contributed by atoms with Gasteiger partial charge in [-0.15, -0.1) is 0 Å². The Hall–Kier alpha value is -0.530. The van der Waals surface area contributed by atoms with Crippen molar-refractivity contribution in [3.8, 4) is 0 Å². The van der Waals surface area contributed by atoms with Crippen LogP contribution < -0.4 is 0 Å². The van der Waals surface area contributed by atoms with Crippen LogP contribution in [0.25, 0.3) is 0 Å². The van der Waals surface area contributed by atoms with Crippen LogP contribution in [0.15, 0.2) is 0 Å². The fraction of sp³-hybridized carbons (Fsp3) is 0.917. The fourth-order valence-electron chi connectivity index (χ4n) is 1.47. The number of hydrogen-bond acceptors (Lipinski definition) is 1. The molecule has 1 amide bonds. The molecule has 0 unspecified atom stereocenters. The van der Waals surface area contributed by atoms with E-state index in [9.17, 15) is 4.79 Å². The highest BCUT2D eigenvalue weighted by Crippen LogP contribution is 2.27. The monoisotopic (exact) mass is 199 g/mol. The van der Waals surface area contributed by atoms with Gasteiger partial charge in [-0.1, -0.05) is 33.6 Å². The van der Waals surface area contributed by atoms with Gasteiger partial charge in [-0.3, -0.25) is 4.79 Å². The minimum Gasteiger partial charge on any atom is -0.346 e. The summed E-state index contributed by atoms with van der Waals surface area (Å²) in [7, 11) is 1.93. The number of rotatable bonds is 4. The zero-order valence-corrected chi connectivity index (χ0v) is 10.2. The molecular formula is C12H25NO. The lowest BCUT2D eigenvalue weighted by atomic mass is 9.84. The summed E-state index contributed by atoms with van der Waals surface area (Å²) in [5.41, 5.74) is 0. The Kier molecular flexibility index (Phi) is 7.54. The van der Waals surface area contributed by atoms with E-state index in [1.165, 1.54) is 12.8 Å². The zero-order valence-electron chi connectivity index (χ0n) is 10.2. The van der Waals surface area contributed by atoms with E-state index in [1.54, 1.807) is 0 Å². The molecule has 1 fully saturated rings. The van der Waals surface area contributed by atoms with E-state index in [4.69, 9.17) is 0 Å². The van der Waals surface area contributed by atoms with E-state index < -0.39 is 0 Å². The summed E-state index contributed by atoms with van der Waals surface area (Å²) >= 11 is 0. The van der Waals surface area contributed by atoms with Crippen molar-refractivity contribution in [3.05, 3.63) is 0 Å². The maximum Gasteiger partial charge on any atom is 0.225 e. The van der Waals surface area contributed by atoms with Gasteiger partial charge in [0.2, 0.25) is 5.91 Å². The Labute approximate surface area is 88.7 Å². The highest BCUT2D eigenvalue weighted by Gasteiger charge is 2.27. The highest BCUT2D eigenvalue weighted by atomic mass is 16.2. The van der Waals surface area contributed by atoms with E-state index in [0.717, 1.165) is 25.8 Å². The molecule has 1 aliphatic carbocycles. The van der Waals surface area contributed by atoms with Crippen LogP contribution in [0.2, 0.25) is 0 Å². The normalized spacial score (nSPS) is 15.1. The predicted octanol–water partition coefficient (Wildman–Crippen LogP) is 3.07. The highest BCUT2D eigenvalue weighted by molar-refractivity contribution is 5.79. The first-order valence-electron chi connectivity index (χ1n) is 6.00. The summed E-state index contributed by atoms with van der Waals surface area (Å²) < 4.78 is 0. The maximum absolute atomic E-state index is 11.6. The summed E-state index contributed by atoms with van der Waals surface area (Å²) in [5, 5.41) is 0. The van der Waals surface area contributed by atoms with Crippen molar-refractivity contribution < 1.29 is 4.79 Å². The molecule has 2 heteroatoms. The fourth-order valence-corrected chi connectivity index (χ4v) is 1.47. The van der Waals surface area contributed by atoms with Crippen LogP contribution in [-0.2, 0) is 4.79 Å². The first-order valence-corrected chi connectivity index (χ1v) is 6.00. The quantitative estimate of drug-likeness (QED) is 0.681. The topological polar surface area (TPSA) is 20.3 Å². The van der Waals surface area contributed by atoms with E-state index in [-0.39, 0.29) is 0 Å². The van der Waals surface area contributed by atoms with Crippen molar-refractivity contribution in [1.82, 2.24) is 4.90 Å². The summed E-state index contributed by atoms with van der Waals surface area (Å²) in [6.07, 6.45) is 5.79. The molecule has 1 aliphatic rings. The van der Waals surface area contributed by atoms with Crippen molar-refractivity contribution in [3.63, 3.8) is 0 Å². The van der Waals surface area contributed by atoms with E-state index in [0.29, 0.717) is 11.8 Å². The lowest BCUT2D eigenvalue weighted by Gasteiger charge is -2.29. The van der Waals surface area contributed by atoms with Gasteiger partial charge in [-0.2, -0.15) is 0 Å². The molecule has 0 radical (unpaired) electrons. The van der Waals surface area contributed by atoms with E-state index in [1.807, 2.05) is 25.8 Å².